The van der Waals surface area contributed by atoms with Crippen molar-refractivity contribution in [3.05, 3.63) is 94.3 Å². The second-order valence-corrected chi connectivity index (χ2v) is 6.38. The van der Waals surface area contributed by atoms with Gasteiger partial charge in [-0.05, 0) is 42.3 Å². The van der Waals surface area contributed by atoms with Crippen LogP contribution < -0.4 is 10.6 Å². The van der Waals surface area contributed by atoms with E-state index in [2.05, 4.69) is 15.6 Å². The molecule has 5 nitrogen and oxygen atoms in total. The average molecular weight is 380 g/mol. The number of carbonyl (C=O) groups is 2. The van der Waals surface area contributed by atoms with Crippen molar-refractivity contribution >= 4 is 29.1 Å². The molecular formula is C21H18ClN3O2. The Balaban J connectivity index is 1.69. The van der Waals surface area contributed by atoms with Crippen LogP contribution in [0.3, 0.4) is 0 Å². The van der Waals surface area contributed by atoms with Gasteiger partial charge in [-0.1, -0.05) is 48.0 Å². The lowest BCUT2D eigenvalue weighted by Gasteiger charge is -2.09. The molecule has 0 radical (unpaired) electrons. The molecule has 0 unspecified atom stereocenters. The topological polar surface area (TPSA) is 71.1 Å². The summed E-state index contributed by atoms with van der Waals surface area (Å²) < 4.78 is 0. The summed E-state index contributed by atoms with van der Waals surface area (Å²) in [7, 11) is 0. The molecule has 0 saturated carbocycles. The summed E-state index contributed by atoms with van der Waals surface area (Å²) in [5.41, 5.74) is 3.01. The van der Waals surface area contributed by atoms with E-state index in [1.165, 1.54) is 12.3 Å². The molecule has 0 fully saturated rings. The van der Waals surface area contributed by atoms with E-state index in [4.69, 9.17) is 11.6 Å². The molecule has 2 aromatic carbocycles. The summed E-state index contributed by atoms with van der Waals surface area (Å²) >= 11 is 6.09. The fourth-order valence-corrected chi connectivity index (χ4v) is 2.71. The Bertz CT molecular complexity index is 988. The van der Waals surface area contributed by atoms with E-state index in [1.807, 2.05) is 49.4 Å². The number of carbonyl (C=O) groups excluding carboxylic acids is 2. The predicted molar refractivity (Wildman–Crippen MR) is 106 cm³/mol. The number of aromatic nitrogens is 1. The molecule has 6 heteroatoms. The van der Waals surface area contributed by atoms with Crippen LogP contribution >= 0.6 is 11.6 Å². The first-order chi connectivity index (χ1) is 13.0. The normalized spacial score (nSPS) is 10.3. The van der Waals surface area contributed by atoms with Gasteiger partial charge in [0.05, 0.1) is 0 Å². The Morgan fingerprint density at radius 3 is 2.52 bits per heavy atom. The monoisotopic (exact) mass is 379 g/mol. The molecule has 1 aromatic heterocycles. The van der Waals surface area contributed by atoms with E-state index in [1.54, 1.807) is 12.1 Å². The van der Waals surface area contributed by atoms with Crippen molar-refractivity contribution in [2.24, 2.45) is 0 Å². The molecule has 3 rings (SSSR count). The minimum atomic E-state index is -0.375. The number of pyridine rings is 1. The van der Waals surface area contributed by atoms with Crippen LogP contribution in [0.25, 0.3) is 0 Å². The number of anilines is 1. The van der Waals surface area contributed by atoms with Crippen LogP contribution in [0.15, 0.2) is 66.9 Å². The lowest BCUT2D eigenvalue weighted by Crippen LogP contribution is -2.24. The molecule has 0 aliphatic rings. The number of rotatable bonds is 5. The van der Waals surface area contributed by atoms with Gasteiger partial charge in [0.2, 0.25) is 0 Å². The second kappa shape index (κ2) is 8.47. The Morgan fingerprint density at radius 1 is 1.00 bits per heavy atom. The fourth-order valence-electron chi connectivity index (χ4n) is 2.51. The molecule has 0 bridgehead atoms. The Morgan fingerprint density at radius 2 is 1.74 bits per heavy atom. The number of halogens is 1. The van der Waals surface area contributed by atoms with Crippen molar-refractivity contribution in [1.29, 1.82) is 0 Å². The number of aryl methyl sites for hydroxylation is 1. The summed E-state index contributed by atoms with van der Waals surface area (Å²) in [6.07, 6.45) is 1.44. The van der Waals surface area contributed by atoms with Gasteiger partial charge >= 0.3 is 0 Å². The highest BCUT2D eigenvalue weighted by Gasteiger charge is 2.13. The minimum absolute atomic E-state index is 0.166. The van der Waals surface area contributed by atoms with Gasteiger partial charge in [0.1, 0.15) is 5.69 Å². The Labute approximate surface area is 162 Å². The largest absolute Gasteiger partial charge is 0.347 e. The first-order valence-corrected chi connectivity index (χ1v) is 8.77. The van der Waals surface area contributed by atoms with Gasteiger partial charge in [0.25, 0.3) is 11.8 Å². The number of hydrogen-bond acceptors (Lipinski definition) is 3. The zero-order valence-electron chi connectivity index (χ0n) is 14.7. The number of benzene rings is 2. The van der Waals surface area contributed by atoms with E-state index < -0.39 is 0 Å². The number of nitrogens with one attached hydrogen (secondary N) is 2. The molecule has 27 heavy (non-hydrogen) atoms. The van der Waals surface area contributed by atoms with Gasteiger partial charge in [-0.3, -0.25) is 14.6 Å². The first-order valence-electron chi connectivity index (χ1n) is 8.39. The van der Waals surface area contributed by atoms with Crippen molar-refractivity contribution in [3.8, 4) is 0 Å². The van der Waals surface area contributed by atoms with Crippen molar-refractivity contribution in [2.75, 3.05) is 5.32 Å². The number of hydrogen-bond donors (Lipinski definition) is 2. The Hall–Kier alpha value is -3.18. The van der Waals surface area contributed by atoms with Crippen LogP contribution in [0.1, 0.15) is 32.0 Å². The van der Waals surface area contributed by atoms with E-state index in [9.17, 15) is 9.59 Å². The summed E-state index contributed by atoms with van der Waals surface area (Å²) in [4.78, 5) is 28.9. The third-order valence-electron chi connectivity index (χ3n) is 4.05. The van der Waals surface area contributed by atoms with E-state index in [0.717, 1.165) is 16.8 Å². The molecule has 0 spiro atoms. The van der Waals surface area contributed by atoms with Crippen molar-refractivity contribution < 1.29 is 9.59 Å². The van der Waals surface area contributed by atoms with Crippen LogP contribution in [-0.4, -0.2) is 16.8 Å². The molecule has 0 aliphatic carbocycles. The summed E-state index contributed by atoms with van der Waals surface area (Å²) in [5, 5.41) is 6.19. The number of nitrogens with zero attached hydrogens (tertiary/aromatic N) is 1. The van der Waals surface area contributed by atoms with Gasteiger partial charge in [0, 0.05) is 29.0 Å². The van der Waals surface area contributed by atoms with Crippen molar-refractivity contribution in [1.82, 2.24) is 10.3 Å². The maximum absolute atomic E-state index is 12.5. The number of amides is 2. The fraction of sp³-hybridized carbons (Fsp3) is 0.0952. The third kappa shape index (κ3) is 4.71. The average Bonchev–Trinajstić information content (AvgIpc) is 2.69. The quantitative estimate of drug-likeness (QED) is 0.697. The van der Waals surface area contributed by atoms with Crippen LogP contribution in [0, 0.1) is 6.92 Å². The van der Waals surface area contributed by atoms with Crippen molar-refractivity contribution in [2.45, 2.75) is 13.5 Å². The molecule has 136 valence electrons. The SMILES string of the molecule is Cc1ccccc1NC(=O)c1ccnc(C(=O)NCc2ccccc2Cl)c1. The highest BCUT2D eigenvalue weighted by molar-refractivity contribution is 6.31. The second-order valence-electron chi connectivity index (χ2n) is 5.97. The Kier molecular flexibility index (Phi) is 5.84. The molecule has 2 amide bonds. The third-order valence-corrected chi connectivity index (χ3v) is 4.41. The highest BCUT2D eigenvalue weighted by Crippen LogP contribution is 2.16. The first kappa shape index (κ1) is 18.6. The van der Waals surface area contributed by atoms with Crippen molar-refractivity contribution in [3.63, 3.8) is 0 Å². The summed E-state index contributed by atoms with van der Waals surface area (Å²) in [5.74, 6) is -0.674. The highest BCUT2D eigenvalue weighted by atomic mass is 35.5. The van der Waals surface area contributed by atoms with Gasteiger partial charge in [0.15, 0.2) is 0 Å². The molecule has 1 heterocycles. The molecule has 0 atom stereocenters. The van der Waals surface area contributed by atoms with E-state index in [0.29, 0.717) is 10.6 Å². The maximum Gasteiger partial charge on any atom is 0.270 e. The standard InChI is InChI=1S/C21H18ClN3O2/c1-14-6-2-5-9-18(14)25-20(26)15-10-11-23-19(12-15)21(27)24-13-16-7-3-4-8-17(16)22/h2-12H,13H2,1H3,(H,24,27)(H,25,26). The molecule has 0 saturated heterocycles. The van der Waals surface area contributed by atoms with Gasteiger partial charge < -0.3 is 10.6 Å². The lowest BCUT2D eigenvalue weighted by molar-refractivity contribution is 0.0946. The molecule has 0 aliphatic heterocycles. The van der Waals surface area contributed by atoms with Crippen LogP contribution in [-0.2, 0) is 6.54 Å². The van der Waals surface area contributed by atoms with E-state index >= 15 is 0 Å². The summed E-state index contributed by atoms with van der Waals surface area (Å²) in [6.45, 7) is 2.19. The zero-order valence-corrected chi connectivity index (χ0v) is 15.5. The zero-order chi connectivity index (χ0) is 19.2. The van der Waals surface area contributed by atoms with E-state index in [-0.39, 0.29) is 24.1 Å². The smallest absolute Gasteiger partial charge is 0.270 e. The van der Waals surface area contributed by atoms with Gasteiger partial charge in [-0.2, -0.15) is 0 Å². The lowest BCUT2D eigenvalue weighted by atomic mass is 10.1. The van der Waals surface area contributed by atoms with Crippen LogP contribution in [0.4, 0.5) is 5.69 Å². The number of para-hydroxylation sites is 1. The molecular weight excluding hydrogens is 362 g/mol. The summed E-state index contributed by atoms with van der Waals surface area (Å²) in [6, 6.07) is 17.8. The predicted octanol–water partition coefficient (Wildman–Crippen LogP) is 4.23. The van der Waals surface area contributed by atoms with Crippen LogP contribution in [0.2, 0.25) is 5.02 Å². The maximum atomic E-state index is 12.5. The van der Waals surface area contributed by atoms with Gasteiger partial charge in [-0.15, -0.1) is 0 Å². The molecule has 2 N–H and O–H groups in total. The molecule has 3 aromatic rings. The minimum Gasteiger partial charge on any atom is -0.347 e. The van der Waals surface area contributed by atoms with Crippen LogP contribution in [0.5, 0.6) is 0 Å². The van der Waals surface area contributed by atoms with Gasteiger partial charge in [-0.25, -0.2) is 0 Å².